The Morgan fingerprint density at radius 3 is 2.80 bits per heavy atom. The van der Waals surface area contributed by atoms with Gasteiger partial charge in [-0.3, -0.25) is 9.48 Å². The first-order valence-corrected chi connectivity index (χ1v) is 6.27. The predicted octanol–water partition coefficient (Wildman–Crippen LogP) is 2.55. The normalized spacial score (nSPS) is 10.6. The van der Waals surface area contributed by atoms with Gasteiger partial charge in [0.1, 0.15) is 11.6 Å². The maximum atomic E-state index is 13.5. The molecule has 2 rings (SSSR count). The second kappa shape index (κ2) is 6.00. The molecule has 106 valence electrons. The van der Waals surface area contributed by atoms with Gasteiger partial charge < -0.3 is 5.32 Å². The SMILES string of the molecule is Cc1cnn(CCNC(=O)c2cc(F)c(Cl)cc2F)c1. The Morgan fingerprint density at radius 2 is 2.15 bits per heavy atom. The largest absolute Gasteiger partial charge is 0.350 e. The minimum absolute atomic E-state index is 0.254. The van der Waals surface area contributed by atoms with Crippen LogP contribution in [0.4, 0.5) is 8.78 Å². The number of rotatable bonds is 4. The number of benzene rings is 1. The van der Waals surface area contributed by atoms with E-state index < -0.39 is 17.5 Å². The summed E-state index contributed by atoms with van der Waals surface area (Å²) in [4.78, 5) is 11.7. The van der Waals surface area contributed by atoms with Gasteiger partial charge >= 0.3 is 0 Å². The number of nitrogens with one attached hydrogen (secondary N) is 1. The summed E-state index contributed by atoms with van der Waals surface area (Å²) in [5.41, 5.74) is 0.630. The molecule has 20 heavy (non-hydrogen) atoms. The van der Waals surface area contributed by atoms with Gasteiger partial charge in [0.05, 0.1) is 23.3 Å². The molecule has 0 atom stereocenters. The van der Waals surface area contributed by atoms with Crippen LogP contribution in [0.25, 0.3) is 0 Å². The van der Waals surface area contributed by atoms with Crippen molar-refractivity contribution in [1.29, 1.82) is 0 Å². The van der Waals surface area contributed by atoms with Crippen LogP contribution >= 0.6 is 11.6 Å². The summed E-state index contributed by atoms with van der Waals surface area (Å²) in [6.45, 7) is 2.59. The van der Waals surface area contributed by atoms with Crippen LogP contribution in [0, 0.1) is 18.6 Å². The van der Waals surface area contributed by atoms with Gasteiger partial charge in [-0.2, -0.15) is 5.10 Å². The summed E-state index contributed by atoms with van der Waals surface area (Å²) in [5.74, 6) is -2.38. The van der Waals surface area contributed by atoms with Gasteiger partial charge in [-0.05, 0) is 24.6 Å². The molecular weight excluding hydrogens is 288 g/mol. The molecule has 0 aliphatic rings. The first-order chi connectivity index (χ1) is 9.47. The van der Waals surface area contributed by atoms with Crippen molar-refractivity contribution in [3.05, 3.63) is 52.3 Å². The molecule has 7 heteroatoms. The summed E-state index contributed by atoms with van der Waals surface area (Å²) < 4.78 is 28.4. The molecule has 1 heterocycles. The molecule has 4 nitrogen and oxygen atoms in total. The molecule has 0 bridgehead atoms. The van der Waals surface area contributed by atoms with Crippen LogP contribution in [-0.4, -0.2) is 22.2 Å². The van der Waals surface area contributed by atoms with Gasteiger partial charge in [-0.25, -0.2) is 8.78 Å². The fourth-order valence-corrected chi connectivity index (χ4v) is 1.82. The molecule has 1 amide bonds. The molecule has 0 aliphatic heterocycles. The van der Waals surface area contributed by atoms with Gasteiger partial charge in [0, 0.05) is 12.7 Å². The van der Waals surface area contributed by atoms with E-state index in [1.165, 1.54) is 0 Å². The minimum atomic E-state index is -0.858. The predicted molar refractivity (Wildman–Crippen MR) is 70.7 cm³/mol. The number of carbonyl (C=O) groups excluding carboxylic acids is 1. The number of carbonyl (C=O) groups is 1. The van der Waals surface area contributed by atoms with Crippen molar-refractivity contribution >= 4 is 17.5 Å². The summed E-state index contributed by atoms with van der Waals surface area (Å²) in [7, 11) is 0. The number of nitrogens with zero attached hydrogens (tertiary/aromatic N) is 2. The van der Waals surface area contributed by atoms with E-state index in [4.69, 9.17) is 11.6 Å². The number of aromatic nitrogens is 2. The van der Waals surface area contributed by atoms with Crippen molar-refractivity contribution < 1.29 is 13.6 Å². The highest BCUT2D eigenvalue weighted by Gasteiger charge is 2.15. The van der Waals surface area contributed by atoms with Crippen LogP contribution < -0.4 is 5.32 Å². The third kappa shape index (κ3) is 3.33. The van der Waals surface area contributed by atoms with Crippen molar-refractivity contribution in [1.82, 2.24) is 15.1 Å². The quantitative estimate of drug-likeness (QED) is 0.882. The third-order valence-corrected chi connectivity index (χ3v) is 2.93. The highest BCUT2D eigenvalue weighted by atomic mass is 35.5. The van der Waals surface area contributed by atoms with E-state index in [2.05, 4.69) is 10.4 Å². The Labute approximate surface area is 119 Å². The average molecular weight is 300 g/mol. The molecule has 1 aromatic carbocycles. The van der Waals surface area contributed by atoms with E-state index in [0.717, 1.165) is 17.7 Å². The van der Waals surface area contributed by atoms with Crippen LogP contribution in [0.15, 0.2) is 24.5 Å². The molecule has 1 aromatic heterocycles. The Balaban J connectivity index is 1.97. The highest BCUT2D eigenvalue weighted by molar-refractivity contribution is 6.30. The molecule has 0 saturated heterocycles. The number of halogens is 3. The second-order valence-corrected chi connectivity index (χ2v) is 4.69. The number of amides is 1. The molecule has 2 aromatic rings. The van der Waals surface area contributed by atoms with Gasteiger partial charge in [-0.15, -0.1) is 0 Å². The number of aryl methyl sites for hydroxylation is 1. The first kappa shape index (κ1) is 14.5. The standard InChI is InChI=1S/C13H12ClF2N3O/c1-8-6-18-19(7-8)3-2-17-13(20)9-4-12(16)10(14)5-11(9)15/h4-7H,2-3H2,1H3,(H,17,20). The Morgan fingerprint density at radius 1 is 1.40 bits per heavy atom. The molecule has 1 N–H and O–H groups in total. The van der Waals surface area contributed by atoms with Crippen molar-refractivity contribution in [3.63, 3.8) is 0 Å². The van der Waals surface area contributed by atoms with Crippen LogP contribution in [0.2, 0.25) is 5.02 Å². The van der Waals surface area contributed by atoms with Gasteiger partial charge in [-0.1, -0.05) is 11.6 Å². The zero-order valence-corrected chi connectivity index (χ0v) is 11.4. The molecule has 0 radical (unpaired) electrons. The Bertz CT molecular complexity index is 643. The summed E-state index contributed by atoms with van der Waals surface area (Å²) in [5, 5.41) is 6.18. The van der Waals surface area contributed by atoms with E-state index in [-0.39, 0.29) is 17.1 Å². The van der Waals surface area contributed by atoms with Crippen molar-refractivity contribution in [2.45, 2.75) is 13.5 Å². The van der Waals surface area contributed by atoms with Crippen molar-refractivity contribution in [2.75, 3.05) is 6.54 Å². The minimum Gasteiger partial charge on any atom is -0.350 e. The van der Waals surface area contributed by atoms with Crippen molar-refractivity contribution in [3.8, 4) is 0 Å². The van der Waals surface area contributed by atoms with Crippen LogP contribution in [0.1, 0.15) is 15.9 Å². The lowest BCUT2D eigenvalue weighted by atomic mass is 10.2. The number of hydrogen-bond acceptors (Lipinski definition) is 2. The lowest BCUT2D eigenvalue weighted by Gasteiger charge is -2.07. The highest BCUT2D eigenvalue weighted by Crippen LogP contribution is 2.19. The van der Waals surface area contributed by atoms with Crippen molar-refractivity contribution in [2.24, 2.45) is 0 Å². The Kier molecular flexibility index (Phi) is 4.34. The Hall–Kier alpha value is -1.95. The maximum absolute atomic E-state index is 13.5. The smallest absolute Gasteiger partial charge is 0.254 e. The average Bonchev–Trinajstić information content (AvgIpc) is 2.79. The van der Waals surface area contributed by atoms with E-state index in [1.54, 1.807) is 10.9 Å². The van der Waals surface area contributed by atoms with Crippen LogP contribution in [0.5, 0.6) is 0 Å². The second-order valence-electron chi connectivity index (χ2n) is 4.28. The molecular formula is C13H12ClF2N3O. The van der Waals surface area contributed by atoms with Crippen LogP contribution in [-0.2, 0) is 6.54 Å². The van der Waals surface area contributed by atoms with Gasteiger partial charge in [0.2, 0.25) is 0 Å². The zero-order chi connectivity index (χ0) is 14.7. The maximum Gasteiger partial charge on any atom is 0.254 e. The fourth-order valence-electron chi connectivity index (χ4n) is 1.67. The summed E-state index contributed by atoms with van der Waals surface area (Å²) in [6, 6.07) is 1.56. The van der Waals surface area contributed by atoms with E-state index in [0.29, 0.717) is 6.54 Å². The summed E-state index contributed by atoms with van der Waals surface area (Å²) in [6.07, 6.45) is 3.50. The topological polar surface area (TPSA) is 46.9 Å². The molecule has 0 saturated carbocycles. The fraction of sp³-hybridized carbons (Fsp3) is 0.231. The van der Waals surface area contributed by atoms with E-state index in [9.17, 15) is 13.6 Å². The molecule has 0 unspecified atom stereocenters. The number of hydrogen-bond donors (Lipinski definition) is 1. The molecule has 0 fully saturated rings. The van der Waals surface area contributed by atoms with Gasteiger partial charge in [0.25, 0.3) is 5.91 Å². The monoisotopic (exact) mass is 299 g/mol. The van der Waals surface area contributed by atoms with E-state index in [1.807, 2.05) is 13.1 Å². The zero-order valence-electron chi connectivity index (χ0n) is 10.7. The lowest BCUT2D eigenvalue weighted by Crippen LogP contribution is -2.28. The van der Waals surface area contributed by atoms with Gasteiger partial charge in [0.15, 0.2) is 0 Å². The summed E-state index contributed by atoms with van der Waals surface area (Å²) >= 11 is 5.42. The third-order valence-electron chi connectivity index (χ3n) is 2.64. The lowest BCUT2D eigenvalue weighted by molar-refractivity contribution is 0.0947. The molecule has 0 spiro atoms. The first-order valence-electron chi connectivity index (χ1n) is 5.89. The van der Waals surface area contributed by atoms with E-state index >= 15 is 0 Å². The molecule has 0 aliphatic carbocycles. The van der Waals surface area contributed by atoms with Crippen LogP contribution in [0.3, 0.4) is 0 Å².